The number of tetrazole rings is 1. The van der Waals surface area contributed by atoms with Crippen molar-refractivity contribution in [2.45, 2.75) is 26.3 Å². The lowest BCUT2D eigenvalue weighted by molar-refractivity contribution is 0.415. The first-order valence-corrected chi connectivity index (χ1v) is 10.1. The van der Waals surface area contributed by atoms with Crippen LogP contribution in [0.5, 0.6) is 17.2 Å². The van der Waals surface area contributed by atoms with Gasteiger partial charge >= 0.3 is 0 Å². The number of hydrogen-bond acceptors (Lipinski definition) is 6. The summed E-state index contributed by atoms with van der Waals surface area (Å²) in [7, 11) is 1.56. The number of hydrogen-bond donors (Lipinski definition) is 2. The minimum atomic E-state index is -0.357. The molecule has 8 heteroatoms. The molecule has 0 radical (unpaired) electrons. The van der Waals surface area contributed by atoms with E-state index in [9.17, 15) is 14.6 Å². The largest absolute Gasteiger partial charge is 0.507 e. The molecule has 0 atom stereocenters. The van der Waals surface area contributed by atoms with E-state index in [1.807, 2.05) is 18.2 Å². The van der Waals surface area contributed by atoms with Crippen molar-refractivity contribution in [1.29, 1.82) is 0 Å². The molecule has 3 aromatic carbocycles. The fraction of sp³-hybridized carbons (Fsp3) is 0.208. The summed E-state index contributed by atoms with van der Waals surface area (Å²) >= 11 is 0. The van der Waals surface area contributed by atoms with E-state index in [1.165, 1.54) is 22.9 Å². The van der Waals surface area contributed by atoms with Crippen molar-refractivity contribution in [2.24, 2.45) is 0 Å². The van der Waals surface area contributed by atoms with Gasteiger partial charge in [-0.1, -0.05) is 32.0 Å². The van der Waals surface area contributed by atoms with E-state index in [0.717, 1.165) is 5.56 Å². The molecule has 1 aromatic heterocycles. The molecule has 32 heavy (non-hydrogen) atoms. The number of ether oxygens (including phenoxy) is 1. The third-order valence-electron chi connectivity index (χ3n) is 5.29. The van der Waals surface area contributed by atoms with Crippen LogP contribution in [0.4, 0.5) is 4.39 Å². The van der Waals surface area contributed by atoms with Crippen molar-refractivity contribution >= 4 is 0 Å². The van der Waals surface area contributed by atoms with Gasteiger partial charge in [0.2, 0.25) is 0 Å². The Morgan fingerprint density at radius 1 is 0.969 bits per heavy atom. The summed E-state index contributed by atoms with van der Waals surface area (Å²) in [5.74, 6) is 0.504. The number of methoxy groups -OCH3 is 1. The van der Waals surface area contributed by atoms with Gasteiger partial charge in [0.1, 0.15) is 23.1 Å². The first-order valence-electron chi connectivity index (χ1n) is 10.1. The average molecular weight is 434 g/mol. The van der Waals surface area contributed by atoms with Gasteiger partial charge in [-0.2, -0.15) is 0 Å². The van der Waals surface area contributed by atoms with E-state index in [1.54, 1.807) is 25.3 Å². The number of nitrogens with zero attached hydrogens (tertiary/aromatic N) is 4. The molecule has 0 bridgehead atoms. The molecule has 7 nitrogen and oxygen atoms in total. The van der Waals surface area contributed by atoms with Gasteiger partial charge in [0.05, 0.1) is 19.2 Å². The summed E-state index contributed by atoms with van der Waals surface area (Å²) in [6.07, 6.45) is 0. The molecule has 0 aliphatic carbocycles. The summed E-state index contributed by atoms with van der Waals surface area (Å²) in [5, 5.41) is 33.0. The number of halogens is 1. The highest BCUT2D eigenvalue weighted by Gasteiger charge is 2.20. The van der Waals surface area contributed by atoms with E-state index in [4.69, 9.17) is 4.74 Å². The molecule has 4 aromatic rings. The van der Waals surface area contributed by atoms with Crippen LogP contribution < -0.4 is 4.74 Å². The van der Waals surface area contributed by atoms with E-state index in [0.29, 0.717) is 28.0 Å². The standard InChI is InChI=1S/C24H23FN4O3/c1-14(2)16-7-8-23(32-3)19(10-16)18-11-20(22(31)12-21(18)30)24-26-27-28-29(24)13-15-5-4-6-17(25)9-15/h4-12,14,30-31H,13H2,1-3H3. The van der Waals surface area contributed by atoms with Gasteiger partial charge in [0.15, 0.2) is 5.82 Å². The molecule has 0 spiro atoms. The lowest BCUT2D eigenvalue weighted by atomic mass is 9.94. The molecular formula is C24H23FN4O3. The zero-order valence-corrected chi connectivity index (χ0v) is 18.0. The first kappa shape index (κ1) is 21.3. The molecule has 0 amide bonds. The number of aromatic nitrogens is 4. The summed E-state index contributed by atoms with van der Waals surface area (Å²) < 4.78 is 20.6. The number of benzene rings is 3. The highest BCUT2D eigenvalue weighted by atomic mass is 19.1. The highest BCUT2D eigenvalue weighted by Crippen LogP contribution is 2.43. The number of phenols is 2. The van der Waals surface area contributed by atoms with Crippen molar-refractivity contribution in [1.82, 2.24) is 20.2 Å². The van der Waals surface area contributed by atoms with Gasteiger partial charge in [-0.15, -0.1) is 5.10 Å². The van der Waals surface area contributed by atoms with Crippen LogP contribution in [-0.4, -0.2) is 37.5 Å². The summed E-state index contributed by atoms with van der Waals surface area (Å²) in [4.78, 5) is 0. The Bertz CT molecular complexity index is 1270. The van der Waals surface area contributed by atoms with Crippen LogP contribution in [-0.2, 0) is 6.54 Å². The Morgan fingerprint density at radius 2 is 1.75 bits per heavy atom. The van der Waals surface area contributed by atoms with Crippen LogP contribution in [0.1, 0.15) is 30.9 Å². The fourth-order valence-corrected chi connectivity index (χ4v) is 3.58. The zero-order chi connectivity index (χ0) is 22.8. The Labute approximate surface area is 184 Å². The number of rotatable bonds is 6. The lowest BCUT2D eigenvalue weighted by Crippen LogP contribution is -2.05. The van der Waals surface area contributed by atoms with Crippen molar-refractivity contribution < 1.29 is 19.3 Å². The van der Waals surface area contributed by atoms with Gasteiger partial charge < -0.3 is 14.9 Å². The topological polar surface area (TPSA) is 93.3 Å². The molecule has 4 rings (SSSR count). The molecule has 0 unspecified atom stereocenters. The van der Waals surface area contributed by atoms with Crippen LogP contribution in [0.2, 0.25) is 0 Å². The maximum absolute atomic E-state index is 13.6. The van der Waals surface area contributed by atoms with Crippen LogP contribution >= 0.6 is 0 Å². The molecule has 0 saturated heterocycles. The maximum Gasteiger partial charge on any atom is 0.186 e. The molecule has 1 heterocycles. The highest BCUT2D eigenvalue weighted by molar-refractivity contribution is 5.82. The van der Waals surface area contributed by atoms with Gasteiger partial charge in [-0.3, -0.25) is 0 Å². The molecule has 0 aliphatic rings. The predicted molar refractivity (Wildman–Crippen MR) is 118 cm³/mol. The summed E-state index contributed by atoms with van der Waals surface area (Å²) in [6, 6.07) is 14.8. The second-order valence-electron chi connectivity index (χ2n) is 7.79. The third-order valence-corrected chi connectivity index (χ3v) is 5.29. The molecule has 0 saturated carbocycles. The Morgan fingerprint density at radius 3 is 2.47 bits per heavy atom. The Hall–Kier alpha value is -3.94. The van der Waals surface area contributed by atoms with E-state index < -0.39 is 0 Å². The van der Waals surface area contributed by atoms with Crippen molar-refractivity contribution in [2.75, 3.05) is 7.11 Å². The fourth-order valence-electron chi connectivity index (χ4n) is 3.58. The minimum Gasteiger partial charge on any atom is -0.507 e. The average Bonchev–Trinajstić information content (AvgIpc) is 3.21. The van der Waals surface area contributed by atoms with Crippen molar-refractivity contribution in [3.63, 3.8) is 0 Å². The van der Waals surface area contributed by atoms with E-state index in [2.05, 4.69) is 29.4 Å². The van der Waals surface area contributed by atoms with E-state index in [-0.39, 0.29) is 35.6 Å². The van der Waals surface area contributed by atoms with Crippen LogP contribution in [0, 0.1) is 5.82 Å². The Balaban J connectivity index is 1.82. The predicted octanol–water partition coefficient (Wildman–Crippen LogP) is 4.74. The quantitative estimate of drug-likeness (QED) is 0.455. The summed E-state index contributed by atoms with van der Waals surface area (Å²) in [6.45, 7) is 4.37. The Kier molecular flexibility index (Phi) is 5.77. The van der Waals surface area contributed by atoms with Gasteiger partial charge in [-0.05, 0) is 57.8 Å². The number of aromatic hydroxyl groups is 2. The SMILES string of the molecule is COc1ccc(C(C)C)cc1-c1cc(-c2nnnn2Cc2cccc(F)c2)c(O)cc1O. The van der Waals surface area contributed by atoms with Crippen molar-refractivity contribution in [3.8, 4) is 39.8 Å². The lowest BCUT2D eigenvalue weighted by Gasteiger charge is -2.16. The normalized spacial score (nSPS) is 11.2. The van der Waals surface area contributed by atoms with Crippen LogP contribution in [0.15, 0.2) is 54.6 Å². The molecule has 0 fully saturated rings. The summed E-state index contributed by atoms with van der Waals surface area (Å²) in [5.41, 5.74) is 3.23. The third kappa shape index (κ3) is 4.12. The van der Waals surface area contributed by atoms with Gasteiger partial charge in [-0.25, -0.2) is 9.07 Å². The van der Waals surface area contributed by atoms with E-state index >= 15 is 0 Å². The van der Waals surface area contributed by atoms with Crippen LogP contribution in [0.3, 0.4) is 0 Å². The van der Waals surface area contributed by atoms with Crippen molar-refractivity contribution in [3.05, 3.63) is 71.5 Å². The second-order valence-corrected chi connectivity index (χ2v) is 7.79. The zero-order valence-electron chi connectivity index (χ0n) is 18.0. The minimum absolute atomic E-state index is 0.102. The molecule has 2 N–H and O–H groups in total. The van der Waals surface area contributed by atoms with Crippen LogP contribution in [0.25, 0.3) is 22.5 Å². The number of phenolic OH excluding ortho intramolecular Hbond substituents is 2. The van der Waals surface area contributed by atoms with Gasteiger partial charge in [0.25, 0.3) is 0 Å². The van der Waals surface area contributed by atoms with Gasteiger partial charge in [0, 0.05) is 17.2 Å². The molecule has 164 valence electrons. The molecule has 0 aliphatic heterocycles. The molecular weight excluding hydrogens is 411 g/mol. The monoisotopic (exact) mass is 434 g/mol. The smallest absolute Gasteiger partial charge is 0.186 e. The maximum atomic E-state index is 13.6. The first-order chi connectivity index (χ1) is 15.4. The second kappa shape index (κ2) is 8.66.